The van der Waals surface area contributed by atoms with Gasteiger partial charge >= 0.3 is 11.9 Å². The molecule has 0 aliphatic carbocycles. The highest BCUT2D eigenvalue weighted by atomic mass is 16.5. The van der Waals surface area contributed by atoms with Crippen molar-refractivity contribution in [1.29, 1.82) is 0 Å². The van der Waals surface area contributed by atoms with Crippen LogP contribution in [0.1, 0.15) is 161 Å². The number of carbonyl (C=O) groups excluding carboxylic acids is 1. The second-order valence-electron chi connectivity index (χ2n) is 10.8. The van der Waals surface area contributed by atoms with Gasteiger partial charge in [-0.2, -0.15) is 0 Å². The van der Waals surface area contributed by atoms with Crippen LogP contribution in [0.5, 0.6) is 0 Å². The third kappa shape index (κ3) is 27.3. The third-order valence-corrected chi connectivity index (χ3v) is 7.16. The minimum absolute atomic E-state index is 0.144. The summed E-state index contributed by atoms with van der Waals surface area (Å²) in [5.74, 6) is -1.89. The summed E-state index contributed by atoms with van der Waals surface area (Å²) < 4.78 is 5.04. The Morgan fingerprint density at radius 1 is 0.676 bits per heavy atom. The lowest BCUT2D eigenvalue weighted by molar-refractivity contribution is -0.152. The van der Waals surface area contributed by atoms with Crippen molar-refractivity contribution in [1.82, 2.24) is 0 Å². The molecular formula is C33H60O4. The zero-order chi connectivity index (χ0) is 27.2. The van der Waals surface area contributed by atoms with Crippen molar-refractivity contribution in [2.45, 2.75) is 161 Å². The number of allylic oxidation sites excluding steroid dienone is 2. The van der Waals surface area contributed by atoms with Crippen molar-refractivity contribution >= 4 is 11.9 Å². The number of hydrogen-bond donors (Lipinski definition) is 1. The molecule has 0 radical (unpaired) electrons. The Morgan fingerprint density at radius 2 is 1.08 bits per heavy atom. The van der Waals surface area contributed by atoms with Crippen molar-refractivity contribution in [3.63, 3.8) is 0 Å². The van der Waals surface area contributed by atoms with Gasteiger partial charge in [0, 0.05) is 0 Å². The average molecular weight is 521 g/mol. The molecule has 4 nitrogen and oxygen atoms in total. The molecule has 0 aromatic rings. The highest BCUT2D eigenvalue weighted by Gasteiger charge is 2.22. The fraction of sp³-hybridized carbons (Fsp3) is 0.818. The second-order valence-corrected chi connectivity index (χ2v) is 10.8. The van der Waals surface area contributed by atoms with E-state index in [-0.39, 0.29) is 13.0 Å². The number of hydrogen-bond acceptors (Lipinski definition) is 3. The van der Waals surface area contributed by atoms with Crippen molar-refractivity contribution in [3.8, 4) is 0 Å². The normalized spacial score (nSPS) is 12.1. The first-order valence-corrected chi connectivity index (χ1v) is 15.8. The maximum atomic E-state index is 12.0. The molecule has 0 saturated carbocycles. The van der Waals surface area contributed by atoms with Crippen LogP contribution in [-0.4, -0.2) is 23.7 Å². The molecule has 0 aliphatic rings. The molecule has 0 saturated heterocycles. The molecule has 0 fully saturated rings. The molecule has 1 N–H and O–H groups in total. The van der Waals surface area contributed by atoms with E-state index in [4.69, 9.17) is 9.84 Å². The molecule has 0 aromatic carbocycles. The number of carboxylic acids is 1. The van der Waals surface area contributed by atoms with Crippen molar-refractivity contribution in [3.05, 3.63) is 24.8 Å². The molecule has 1 atom stereocenters. The van der Waals surface area contributed by atoms with Crippen LogP contribution in [0.4, 0.5) is 0 Å². The Morgan fingerprint density at radius 3 is 1.49 bits per heavy atom. The number of carboxylic acid groups (broad SMARTS) is 1. The monoisotopic (exact) mass is 520 g/mol. The first-order valence-electron chi connectivity index (χ1n) is 15.8. The lowest BCUT2D eigenvalue weighted by atomic mass is 9.97. The van der Waals surface area contributed by atoms with Gasteiger partial charge in [0.05, 0.1) is 12.3 Å². The van der Waals surface area contributed by atoms with Gasteiger partial charge in [-0.15, -0.1) is 0 Å². The molecule has 37 heavy (non-hydrogen) atoms. The van der Waals surface area contributed by atoms with Crippen LogP contribution >= 0.6 is 0 Å². The summed E-state index contributed by atoms with van der Waals surface area (Å²) in [5.41, 5.74) is 0. The SMILES string of the molecule is C=CCOC(=O)C(CCCCCCCCCCCCC/C=C/CCCCCCCCCCC)CC(=O)O. The number of rotatable bonds is 29. The Balaban J connectivity index is 3.39. The first kappa shape index (κ1) is 35.4. The maximum absolute atomic E-state index is 12.0. The van der Waals surface area contributed by atoms with Crippen molar-refractivity contribution in [2.75, 3.05) is 6.61 Å². The predicted octanol–water partition coefficient (Wildman–Crippen LogP) is 10.4. The number of aliphatic carboxylic acids is 1. The summed E-state index contributed by atoms with van der Waals surface area (Å²) in [5, 5.41) is 9.02. The summed E-state index contributed by atoms with van der Waals surface area (Å²) in [6, 6.07) is 0. The third-order valence-electron chi connectivity index (χ3n) is 7.16. The highest BCUT2D eigenvalue weighted by molar-refractivity contribution is 5.79. The summed E-state index contributed by atoms with van der Waals surface area (Å²) in [6.45, 7) is 5.95. The maximum Gasteiger partial charge on any atom is 0.309 e. The van der Waals surface area contributed by atoms with Crippen LogP contribution in [-0.2, 0) is 14.3 Å². The van der Waals surface area contributed by atoms with Crippen LogP contribution in [0.25, 0.3) is 0 Å². The van der Waals surface area contributed by atoms with E-state index in [1.165, 1.54) is 128 Å². The van der Waals surface area contributed by atoms with E-state index in [0.29, 0.717) is 6.42 Å². The molecule has 0 amide bonds. The summed E-state index contributed by atoms with van der Waals surface area (Å²) in [6.07, 6.45) is 35.6. The average Bonchev–Trinajstić information content (AvgIpc) is 2.88. The van der Waals surface area contributed by atoms with Gasteiger partial charge in [0.2, 0.25) is 0 Å². The van der Waals surface area contributed by atoms with Gasteiger partial charge in [-0.1, -0.05) is 147 Å². The number of ether oxygens (including phenoxy) is 1. The Bertz CT molecular complexity index is 555. The van der Waals surface area contributed by atoms with Crippen molar-refractivity contribution < 1.29 is 19.4 Å². The van der Waals surface area contributed by atoms with E-state index in [2.05, 4.69) is 25.7 Å². The fourth-order valence-corrected chi connectivity index (χ4v) is 4.83. The van der Waals surface area contributed by atoms with E-state index in [1.807, 2.05) is 0 Å². The van der Waals surface area contributed by atoms with E-state index < -0.39 is 17.9 Å². The molecule has 0 heterocycles. The van der Waals surface area contributed by atoms with Gasteiger partial charge in [0.15, 0.2) is 0 Å². The summed E-state index contributed by atoms with van der Waals surface area (Å²) in [7, 11) is 0. The predicted molar refractivity (Wildman–Crippen MR) is 158 cm³/mol. The second kappa shape index (κ2) is 29.0. The molecule has 216 valence electrons. The molecule has 0 aromatic heterocycles. The molecule has 0 bridgehead atoms. The topological polar surface area (TPSA) is 63.6 Å². The van der Waals surface area contributed by atoms with Gasteiger partial charge in [-0.25, -0.2) is 0 Å². The van der Waals surface area contributed by atoms with E-state index in [9.17, 15) is 9.59 Å². The Labute approximate surface area is 229 Å². The fourth-order valence-electron chi connectivity index (χ4n) is 4.83. The van der Waals surface area contributed by atoms with Gasteiger partial charge in [-0.05, 0) is 32.1 Å². The van der Waals surface area contributed by atoms with Crippen LogP contribution in [0.2, 0.25) is 0 Å². The minimum Gasteiger partial charge on any atom is -0.481 e. The molecule has 4 heteroatoms. The lowest BCUT2D eigenvalue weighted by Crippen LogP contribution is -2.21. The van der Waals surface area contributed by atoms with E-state index >= 15 is 0 Å². The lowest BCUT2D eigenvalue weighted by Gasteiger charge is -2.13. The van der Waals surface area contributed by atoms with Crippen LogP contribution in [0.15, 0.2) is 24.8 Å². The largest absolute Gasteiger partial charge is 0.481 e. The number of carbonyl (C=O) groups is 2. The van der Waals surface area contributed by atoms with Crippen LogP contribution in [0, 0.1) is 5.92 Å². The minimum atomic E-state index is -0.943. The summed E-state index contributed by atoms with van der Waals surface area (Å²) in [4.78, 5) is 23.0. The van der Waals surface area contributed by atoms with Crippen LogP contribution < -0.4 is 0 Å². The molecule has 0 rings (SSSR count). The van der Waals surface area contributed by atoms with Gasteiger partial charge in [0.25, 0.3) is 0 Å². The zero-order valence-electron chi connectivity index (χ0n) is 24.4. The zero-order valence-corrected chi connectivity index (χ0v) is 24.4. The number of esters is 1. The van der Waals surface area contributed by atoms with Crippen LogP contribution in [0.3, 0.4) is 0 Å². The quantitative estimate of drug-likeness (QED) is 0.0605. The van der Waals surface area contributed by atoms with Gasteiger partial charge < -0.3 is 9.84 Å². The van der Waals surface area contributed by atoms with E-state index in [0.717, 1.165) is 19.3 Å². The van der Waals surface area contributed by atoms with Gasteiger partial charge in [-0.3, -0.25) is 9.59 Å². The molecular weight excluding hydrogens is 460 g/mol. The smallest absolute Gasteiger partial charge is 0.309 e. The highest BCUT2D eigenvalue weighted by Crippen LogP contribution is 2.18. The van der Waals surface area contributed by atoms with Gasteiger partial charge in [0.1, 0.15) is 6.61 Å². The molecule has 0 spiro atoms. The summed E-state index contributed by atoms with van der Waals surface area (Å²) >= 11 is 0. The Kier molecular flexibility index (Phi) is 27.7. The Hall–Kier alpha value is -1.58. The molecule has 1 unspecified atom stereocenters. The van der Waals surface area contributed by atoms with E-state index in [1.54, 1.807) is 0 Å². The molecule has 0 aliphatic heterocycles. The standard InChI is InChI=1S/C33H60O4/c1-3-5-6-7-8-9-10-11-12-13-14-15-16-17-18-19-20-21-22-23-24-25-26-27-28-31(30-32(34)35)33(36)37-29-4-2/h4,14-15,31H,2-3,5-13,16-30H2,1H3,(H,34,35)/b15-14+. The first-order chi connectivity index (χ1) is 18.1. The van der Waals surface area contributed by atoms with Crippen molar-refractivity contribution in [2.24, 2.45) is 5.92 Å². The number of unbranched alkanes of at least 4 members (excludes halogenated alkanes) is 20.